The molecular weight excluding hydrogens is 875 g/mol. The summed E-state index contributed by atoms with van der Waals surface area (Å²) in [7, 11) is 0. The molecular formula is C65H127NO5. The quantitative estimate of drug-likeness (QED) is 0.0320. The fraction of sp³-hybridized carbons (Fsp3) is 0.938. The van der Waals surface area contributed by atoms with Crippen LogP contribution in [0.4, 0.5) is 0 Å². The summed E-state index contributed by atoms with van der Waals surface area (Å²) in [6.07, 6.45) is 73.9. The highest BCUT2D eigenvalue weighted by Crippen LogP contribution is 2.18. The highest BCUT2D eigenvalue weighted by Gasteiger charge is 2.20. The van der Waals surface area contributed by atoms with Crippen molar-refractivity contribution >= 4 is 11.9 Å². The van der Waals surface area contributed by atoms with Crippen LogP contribution < -0.4 is 5.32 Å². The maximum absolute atomic E-state index is 12.4. The van der Waals surface area contributed by atoms with Gasteiger partial charge in [0.15, 0.2) is 0 Å². The number of nitrogens with one attached hydrogen (secondary N) is 1. The van der Waals surface area contributed by atoms with Crippen LogP contribution in [0.15, 0.2) is 12.2 Å². The number of carbonyl (C=O) groups excluding carboxylic acids is 2. The van der Waals surface area contributed by atoms with Gasteiger partial charge in [0.05, 0.1) is 25.4 Å². The smallest absolute Gasteiger partial charge is 0.305 e. The summed E-state index contributed by atoms with van der Waals surface area (Å²) in [6.45, 7) is 4.97. The standard InChI is InChI=1S/C65H127NO5/c1-3-5-7-9-11-13-15-16-17-29-33-36-39-43-47-51-55-59-65(70)71-60-56-52-48-44-40-37-34-31-28-26-24-22-20-18-19-21-23-25-27-30-32-35-38-42-46-50-54-58-64(69)66-62(61-67)63(68)57-53-49-45-41-14-12-10-8-6-4-2/h18-19,62-63,67-68H,3-17,20-61H2,1-2H3,(H,66,69)/b19-18-. The van der Waals surface area contributed by atoms with Crippen LogP contribution in [0.2, 0.25) is 0 Å². The molecule has 0 radical (unpaired) electrons. The van der Waals surface area contributed by atoms with Gasteiger partial charge in [-0.15, -0.1) is 0 Å². The summed E-state index contributed by atoms with van der Waals surface area (Å²) in [5, 5.41) is 23.2. The lowest BCUT2D eigenvalue weighted by Gasteiger charge is -2.22. The van der Waals surface area contributed by atoms with E-state index in [0.717, 1.165) is 38.5 Å². The fourth-order valence-electron chi connectivity index (χ4n) is 10.3. The van der Waals surface area contributed by atoms with Gasteiger partial charge in [-0.1, -0.05) is 315 Å². The van der Waals surface area contributed by atoms with Gasteiger partial charge in [-0.3, -0.25) is 9.59 Å². The summed E-state index contributed by atoms with van der Waals surface area (Å²) in [5.74, 6) is -0.0161. The topological polar surface area (TPSA) is 95.9 Å². The lowest BCUT2D eigenvalue weighted by Crippen LogP contribution is -2.45. The third kappa shape index (κ3) is 57.7. The van der Waals surface area contributed by atoms with E-state index in [4.69, 9.17) is 4.74 Å². The molecule has 0 aromatic carbocycles. The molecule has 0 aromatic rings. The van der Waals surface area contributed by atoms with Crippen LogP contribution in [0, 0.1) is 0 Å². The molecule has 0 heterocycles. The molecule has 0 bridgehead atoms. The van der Waals surface area contributed by atoms with Crippen molar-refractivity contribution in [2.45, 2.75) is 379 Å². The Labute approximate surface area is 444 Å². The maximum Gasteiger partial charge on any atom is 0.305 e. The summed E-state index contributed by atoms with van der Waals surface area (Å²) >= 11 is 0. The van der Waals surface area contributed by atoms with E-state index >= 15 is 0 Å². The van der Waals surface area contributed by atoms with Crippen molar-refractivity contribution in [3.05, 3.63) is 12.2 Å². The molecule has 0 spiro atoms. The molecule has 2 unspecified atom stereocenters. The number of carbonyl (C=O) groups is 2. The average Bonchev–Trinajstić information content (AvgIpc) is 3.37. The Morgan fingerprint density at radius 3 is 1.00 bits per heavy atom. The lowest BCUT2D eigenvalue weighted by molar-refractivity contribution is -0.143. The summed E-state index contributed by atoms with van der Waals surface area (Å²) in [6, 6.07) is -0.539. The molecule has 422 valence electrons. The van der Waals surface area contributed by atoms with E-state index in [1.54, 1.807) is 0 Å². The first-order valence-electron chi connectivity index (χ1n) is 32.4. The van der Waals surface area contributed by atoms with Crippen LogP contribution in [-0.4, -0.2) is 47.4 Å². The second-order valence-electron chi connectivity index (χ2n) is 22.5. The SMILES string of the molecule is CCCCCCCCCCCCCCCCCCCC(=O)OCCCCCCCCCCCCCC/C=C\CCCCCCCCCCCCCC(=O)NC(CO)C(O)CCCCCCCCCCCC. The van der Waals surface area contributed by atoms with Crippen molar-refractivity contribution < 1.29 is 24.5 Å². The molecule has 0 aliphatic rings. The number of unbranched alkanes of at least 4 members (excludes halogenated alkanes) is 48. The second-order valence-corrected chi connectivity index (χ2v) is 22.5. The second kappa shape index (κ2) is 61.1. The minimum Gasteiger partial charge on any atom is -0.466 e. The number of ether oxygens (including phenoxy) is 1. The monoisotopic (exact) mass is 1000 g/mol. The number of aliphatic hydroxyl groups is 2. The van der Waals surface area contributed by atoms with Crippen molar-refractivity contribution in [3.63, 3.8) is 0 Å². The molecule has 71 heavy (non-hydrogen) atoms. The molecule has 2 atom stereocenters. The fourth-order valence-corrected chi connectivity index (χ4v) is 10.3. The van der Waals surface area contributed by atoms with Crippen molar-refractivity contribution in [2.75, 3.05) is 13.2 Å². The molecule has 3 N–H and O–H groups in total. The third-order valence-corrected chi connectivity index (χ3v) is 15.3. The molecule has 0 saturated heterocycles. The van der Waals surface area contributed by atoms with Crippen LogP contribution in [0.25, 0.3) is 0 Å². The lowest BCUT2D eigenvalue weighted by atomic mass is 10.0. The van der Waals surface area contributed by atoms with Gasteiger partial charge in [0, 0.05) is 12.8 Å². The number of hydrogen-bond acceptors (Lipinski definition) is 5. The maximum atomic E-state index is 12.4. The van der Waals surface area contributed by atoms with Crippen molar-refractivity contribution in [1.82, 2.24) is 5.32 Å². The minimum absolute atomic E-state index is 0.0197. The van der Waals surface area contributed by atoms with Crippen LogP contribution in [0.1, 0.15) is 367 Å². The third-order valence-electron chi connectivity index (χ3n) is 15.3. The number of amides is 1. The Hall–Kier alpha value is -1.40. The van der Waals surface area contributed by atoms with Crippen LogP contribution >= 0.6 is 0 Å². The predicted molar refractivity (Wildman–Crippen MR) is 310 cm³/mol. The van der Waals surface area contributed by atoms with Crippen molar-refractivity contribution in [2.24, 2.45) is 0 Å². The normalized spacial score (nSPS) is 12.6. The van der Waals surface area contributed by atoms with Gasteiger partial charge in [0.1, 0.15) is 0 Å². The van der Waals surface area contributed by atoms with Gasteiger partial charge in [-0.2, -0.15) is 0 Å². The van der Waals surface area contributed by atoms with Crippen LogP contribution in [0.3, 0.4) is 0 Å². The summed E-state index contributed by atoms with van der Waals surface area (Å²) in [4.78, 5) is 24.5. The first-order chi connectivity index (χ1) is 35.0. The van der Waals surface area contributed by atoms with Crippen molar-refractivity contribution in [1.29, 1.82) is 0 Å². The molecule has 0 aromatic heterocycles. The Morgan fingerprint density at radius 2 is 0.662 bits per heavy atom. The summed E-state index contributed by atoms with van der Waals surface area (Å²) in [5.41, 5.74) is 0. The highest BCUT2D eigenvalue weighted by molar-refractivity contribution is 5.76. The van der Waals surface area contributed by atoms with Crippen LogP contribution in [-0.2, 0) is 14.3 Å². The Kier molecular flexibility index (Phi) is 59.9. The van der Waals surface area contributed by atoms with Gasteiger partial charge in [0.25, 0.3) is 0 Å². The Morgan fingerprint density at radius 1 is 0.380 bits per heavy atom. The number of hydrogen-bond donors (Lipinski definition) is 3. The molecule has 1 amide bonds. The summed E-state index contributed by atoms with van der Waals surface area (Å²) < 4.78 is 5.50. The zero-order valence-electron chi connectivity index (χ0n) is 48.2. The van der Waals surface area contributed by atoms with Gasteiger partial charge in [-0.05, 0) is 51.4 Å². The zero-order valence-corrected chi connectivity index (χ0v) is 48.2. The Balaban J connectivity index is 3.33. The van der Waals surface area contributed by atoms with Gasteiger partial charge < -0.3 is 20.3 Å². The van der Waals surface area contributed by atoms with E-state index < -0.39 is 12.1 Å². The molecule has 0 aliphatic heterocycles. The van der Waals surface area contributed by atoms with Crippen molar-refractivity contribution in [3.8, 4) is 0 Å². The number of allylic oxidation sites excluding steroid dienone is 2. The van der Waals surface area contributed by atoms with Gasteiger partial charge >= 0.3 is 5.97 Å². The molecule has 6 nitrogen and oxygen atoms in total. The molecule has 0 saturated carbocycles. The zero-order chi connectivity index (χ0) is 51.4. The molecule has 0 fully saturated rings. The first-order valence-corrected chi connectivity index (χ1v) is 32.4. The van der Waals surface area contributed by atoms with Crippen LogP contribution in [0.5, 0.6) is 0 Å². The first kappa shape index (κ1) is 69.6. The molecule has 0 rings (SSSR count). The molecule has 0 aliphatic carbocycles. The van der Waals surface area contributed by atoms with E-state index in [1.165, 1.54) is 295 Å². The minimum atomic E-state index is -0.662. The largest absolute Gasteiger partial charge is 0.466 e. The molecule has 6 heteroatoms. The van der Waals surface area contributed by atoms with Gasteiger partial charge in [-0.25, -0.2) is 0 Å². The predicted octanol–water partition coefficient (Wildman–Crippen LogP) is 20.4. The average molecular weight is 1000 g/mol. The van der Waals surface area contributed by atoms with E-state index in [-0.39, 0.29) is 18.5 Å². The van der Waals surface area contributed by atoms with Gasteiger partial charge in [0.2, 0.25) is 5.91 Å². The number of rotatable bonds is 61. The van der Waals surface area contributed by atoms with E-state index in [0.29, 0.717) is 25.9 Å². The van der Waals surface area contributed by atoms with E-state index in [1.807, 2.05) is 0 Å². The highest BCUT2D eigenvalue weighted by atomic mass is 16.5. The van der Waals surface area contributed by atoms with E-state index in [9.17, 15) is 19.8 Å². The Bertz CT molecular complexity index is 1060. The number of esters is 1. The van der Waals surface area contributed by atoms with E-state index in [2.05, 4.69) is 31.3 Å². The number of aliphatic hydroxyl groups excluding tert-OH is 2.